The van der Waals surface area contributed by atoms with Crippen molar-refractivity contribution >= 4 is 22.7 Å². The van der Waals surface area contributed by atoms with Crippen molar-refractivity contribution in [1.82, 2.24) is 9.97 Å². The predicted molar refractivity (Wildman–Crippen MR) is 83.3 cm³/mol. The molecule has 104 valence electrons. The van der Waals surface area contributed by atoms with Crippen LogP contribution in [0.2, 0.25) is 0 Å². The highest BCUT2D eigenvalue weighted by Crippen LogP contribution is 2.23. The highest BCUT2D eigenvalue weighted by Gasteiger charge is 2.04. The molecule has 0 aromatic carbocycles. The van der Waals surface area contributed by atoms with Crippen LogP contribution in [0, 0.1) is 0 Å². The van der Waals surface area contributed by atoms with E-state index >= 15 is 0 Å². The Kier molecular flexibility index (Phi) is 5.03. The fourth-order valence-corrected chi connectivity index (χ4v) is 2.40. The van der Waals surface area contributed by atoms with Gasteiger partial charge >= 0.3 is 0 Å². The Hall–Kier alpha value is -1.98. The molecule has 0 spiro atoms. The largest absolute Gasteiger partial charge is 0.389 e. The molecule has 5 heteroatoms. The van der Waals surface area contributed by atoms with Crippen LogP contribution in [0.1, 0.15) is 23.7 Å². The normalized spacial score (nSPS) is 12.6. The molecule has 2 aromatic heterocycles. The van der Waals surface area contributed by atoms with Crippen LogP contribution >= 0.6 is 11.3 Å². The maximum atomic E-state index is 9.05. The van der Waals surface area contributed by atoms with Gasteiger partial charge in [0.25, 0.3) is 0 Å². The number of allylic oxidation sites excluding steroid dienone is 3. The number of thiazole rings is 1. The third-order valence-electron chi connectivity index (χ3n) is 2.70. The Balaban J connectivity index is 2.14. The van der Waals surface area contributed by atoms with Crippen LogP contribution in [-0.2, 0) is 6.61 Å². The summed E-state index contributed by atoms with van der Waals surface area (Å²) in [6.45, 7) is 3.99. The van der Waals surface area contributed by atoms with Crippen molar-refractivity contribution in [2.45, 2.75) is 20.5 Å². The number of aliphatic hydroxyl groups is 1. The number of aliphatic hydroxyl groups excluding tert-OH is 1. The standard InChI is InChI=1S/C15H17N3OS/c1-3-12(18-14-6-4-5-7-16-14)8-11(2)13-9-17-15(10-19)20-13/h3-9,19H,10H2,1-2H3,(H,16,18)/b11-8+,12-3+. The van der Waals surface area contributed by atoms with Crippen molar-refractivity contribution in [2.24, 2.45) is 0 Å². The lowest BCUT2D eigenvalue weighted by Gasteiger charge is -2.06. The lowest BCUT2D eigenvalue weighted by atomic mass is 10.2. The van der Waals surface area contributed by atoms with Gasteiger partial charge in [-0.15, -0.1) is 11.3 Å². The summed E-state index contributed by atoms with van der Waals surface area (Å²) >= 11 is 1.50. The first-order valence-electron chi connectivity index (χ1n) is 6.31. The van der Waals surface area contributed by atoms with Crippen LogP contribution in [0.4, 0.5) is 5.82 Å². The summed E-state index contributed by atoms with van der Waals surface area (Å²) in [5, 5.41) is 13.0. The highest BCUT2D eigenvalue weighted by molar-refractivity contribution is 7.12. The number of anilines is 1. The van der Waals surface area contributed by atoms with Gasteiger partial charge < -0.3 is 10.4 Å². The summed E-state index contributed by atoms with van der Waals surface area (Å²) in [7, 11) is 0. The molecule has 2 N–H and O–H groups in total. The van der Waals surface area contributed by atoms with Crippen molar-refractivity contribution in [2.75, 3.05) is 5.32 Å². The molecule has 2 rings (SSSR count). The molecule has 2 heterocycles. The minimum Gasteiger partial charge on any atom is -0.389 e. The average molecular weight is 287 g/mol. The molecule has 0 unspecified atom stereocenters. The zero-order valence-corrected chi connectivity index (χ0v) is 12.3. The topological polar surface area (TPSA) is 58.0 Å². The summed E-state index contributed by atoms with van der Waals surface area (Å²) < 4.78 is 0. The monoisotopic (exact) mass is 287 g/mol. The second-order valence-electron chi connectivity index (χ2n) is 4.19. The van der Waals surface area contributed by atoms with E-state index in [1.165, 1.54) is 11.3 Å². The van der Waals surface area contributed by atoms with Crippen molar-refractivity contribution in [3.05, 3.63) is 58.3 Å². The van der Waals surface area contributed by atoms with Crippen LogP contribution in [-0.4, -0.2) is 15.1 Å². The number of pyridine rings is 1. The van der Waals surface area contributed by atoms with Gasteiger partial charge in [-0.3, -0.25) is 0 Å². The Bertz CT molecular complexity index is 617. The maximum Gasteiger partial charge on any atom is 0.130 e. The zero-order chi connectivity index (χ0) is 14.4. The van der Waals surface area contributed by atoms with Gasteiger partial charge in [-0.1, -0.05) is 12.1 Å². The Morgan fingerprint density at radius 2 is 2.25 bits per heavy atom. The summed E-state index contributed by atoms with van der Waals surface area (Å²) in [4.78, 5) is 9.44. The lowest BCUT2D eigenvalue weighted by molar-refractivity contribution is 0.281. The maximum absolute atomic E-state index is 9.05. The summed E-state index contributed by atoms with van der Waals surface area (Å²) in [6, 6.07) is 5.74. The predicted octanol–water partition coefficient (Wildman–Crippen LogP) is 3.45. The van der Waals surface area contributed by atoms with Crippen LogP contribution in [0.15, 0.2) is 48.4 Å². The van der Waals surface area contributed by atoms with Crippen LogP contribution in [0.25, 0.3) is 5.57 Å². The quantitative estimate of drug-likeness (QED) is 0.827. The Labute approximate surface area is 122 Å². The van der Waals surface area contributed by atoms with E-state index in [0.29, 0.717) is 0 Å². The van der Waals surface area contributed by atoms with Gasteiger partial charge in [0.1, 0.15) is 10.8 Å². The van der Waals surface area contributed by atoms with E-state index < -0.39 is 0 Å². The third-order valence-corrected chi connectivity index (χ3v) is 3.82. The van der Waals surface area contributed by atoms with E-state index in [-0.39, 0.29) is 6.61 Å². The summed E-state index contributed by atoms with van der Waals surface area (Å²) in [5.41, 5.74) is 2.07. The van der Waals surface area contributed by atoms with Crippen molar-refractivity contribution in [3.63, 3.8) is 0 Å². The fraction of sp³-hybridized carbons (Fsp3) is 0.200. The second-order valence-corrected chi connectivity index (χ2v) is 5.30. The van der Waals surface area contributed by atoms with E-state index in [9.17, 15) is 0 Å². The molecular formula is C15H17N3OS. The van der Waals surface area contributed by atoms with Crippen LogP contribution in [0.3, 0.4) is 0 Å². The minimum atomic E-state index is -0.0133. The Morgan fingerprint density at radius 1 is 1.40 bits per heavy atom. The van der Waals surface area contributed by atoms with E-state index in [1.807, 2.05) is 44.2 Å². The second kappa shape index (κ2) is 6.98. The first-order chi connectivity index (χ1) is 9.72. The Morgan fingerprint density at radius 3 is 2.85 bits per heavy atom. The van der Waals surface area contributed by atoms with E-state index in [1.54, 1.807) is 12.4 Å². The molecule has 0 fully saturated rings. The number of hydrogen-bond acceptors (Lipinski definition) is 5. The highest BCUT2D eigenvalue weighted by atomic mass is 32.1. The average Bonchev–Trinajstić information content (AvgIpc) is 2.96. The molecule has 0 amide bonds. The van der Waals surface area contributed by atoms with Gasteiger partial charge in [-0.05, 0) is 37.6 Å². The van der Waals surface area contributed by atoms with Gasteiger partial charge in [0.15, 0.2) is 0 Å². The lowest BCUT2D eigenvalue weighted by Crippen LogP contribution is -1.98. The molecular weight excluding hydrogens is 270 g/mol. The molecule has 0 aliphatic rings. The molecule has 0 bridgehead atoms. The molecule has 0 aliphatic carbocycles. The van der Waals surface area contributed by atoms with Gasteiger partial charge in [0.05, 0.1) is 11.5 Å². The minimum absolute atomic E-state index is 0.0133. The molecule has 0 radical (unpaired) electrons. The molecule has 0 atom stereocenters. The zero-order valence-electron chi connectivity index (χ0n) is 11.5. The van der Waals surface area contributed by atoms with Crippen molar-refractivity contribution in [1.29, 1.82) is 0 Å². The smallest absolute Gasteiger partial charge is 0.130 e. The number of hydrogen-bond donors (Lipinski definition) is 2. The molecule has 4 nitrogen and oxygen atoms in total. The van der Waals surface area contributed by atoms with Gasteiger partial charge in [0, 0.05) is 18.1 Å². The van der Waals surface area contributed by atoms with E-state index in [2.05, 4.69) is 15.3 Å². The molecule has 20 heavy (non-hydrogen) atoms. The van der Waals surface area contributed by atoms with Crippen LogP contribution < -0.4 is 5.32 Å². The summed E-state index contributed by atoms with van der Waals surface area (Å²) in [5.74, 6) is 0.810. The molecule has 2 aromatic rings. The van der Waals surface area contributed by atoms with Gasteiger partial charge in [-0.25, -0.2) is 9.97 Å². The molecule has 0 saturated carbocycles. The van der Waals surface area contributed by atoms with Crippen molar-refractivity contribution < 1.29 is 5.11 Å². The van der Waals surface area contributed by atoms with E-state index in [4.69, 9.17) is 5.11 Å². The van der Waals surface area contributed by atoms with E-state index in [0.717, 1.165) is 27.0 Å². The van der Waals surface area contributed by atoms with Gasteiger partial charge in [0.2, 0.25) is 0 Å². The third kappa shape index (κ3) is 3.76. The van der Waals surface area contributed by atoms with Crippen molar-refractivity contribution in [3.8, 4) is 0 Å². The summed E-state index contributed by atoms with van der Waals surface area (Å²) in [6.07, 6.45) is 7.58. The number of aromatic nitrogens is 2. The molecule has 0 saturated heterocycles. The van der Waals surface area contributed by atoms with Gasteiger partial charge in [-0.2, -0.15) is 0 Å². The first-order valence-corrected chi connectivity index (χ1v) is 7.13. The van der Waals surface area contributed by atoms with Crippen LogP contribution in [0.5, 0.6) is 0 Å². The number of nitrogens with one attached hydrogen (secondary N) is 1. The first kappa shape index (κ1) is 14.4. The number of nitrogens with zero attached hydrogens (tertiary/aromatic N) is 2. The fourth-order valence-electron chi connectivity index (χ4n) is 1.65. The number of rotatable bonds is 5. The SMILES string of the molecule is C/C=C(\C=C(/C)c1cnc(CO)s1)Nc1ccccn1. The molecule has 0 aliphatic heterocycles.